The number of nitrogens with zero attached hydrogens (tertiary/aromatic N) is 4. The second-order valence-corrected chi connectivity index (χ2v) is 6.73. The third-order valence-electron chi connectivity index (χ3n) is 4.83. The third-order valence-corrected chi connectivity index (χ3v) is 4.83. The molecule has 0 N–H and O–H groups in total. The molecule has 0 bridgehead atoms. The first-order chi connectivity index (χ1) is 14.3. The summed E-state index contributed by atoms with van der Waals surface area (Å²) in [6.07, 6.45) is 0. The molecule has 29 heavy (non-hydrogen) atoms. The van der Waals surface area contributed by atoms with Crippen molar-refractivity contribution in [3.8, 4) is 22.6 Å². The zero-order valence-electron chi connectivity index (χ0n) is 15.9. The lowest BCUT2D eigenvalue weighted by Crippen LogP contribution is -2.12. The van der Waals surface area contributed by atoms with Crippen molar-refractivity contribution in [3.63, 3.8) is 0 Å². The lowest BCUT2D eigenvalue weighted by molar-refractivity contribution is 0.428. The van der Waals surface area contributed by atoms with Gasteiger partial charge in [-0.3, -0.25) is 4.90 Å². The average Bonchev–Trinajstić information content (AvgIpc) is 3.29. The second kappa shape index (κ2) is 7.20. The fraction of sp³-hybridized carbons (Fsp3) is 0.0417. The summed E-state index contributed by atoms with van der Waals surface area (Å²) in [5, 5.41) is 5.18. The highest BCUT2D eigenvalue weighted by molar-refractivity contribution is 5.92. The molecule has 0 saturated carbocycles. The van der Waals surface area contributed by atoms with E-state index in [9.17, 15) is 0 Å². The Morgan fingerprint density at radius 1 is 0.724 bits per heavy atom. The van der Waals surface area contributed by atoms with E-state index < -0.39 is 0 Å². The summed E-state index contributed by atoms with van der Waals surface area (Å²) < 4.78 is 5.65. The fourth-order valence-corrected chi connectivity index (χ4v) is 3.30. The van der Waals surface area contributed by atoms with Crippen LogP contribution in [0.2, 0.25) is 0 Å². The first-order valence-electron chi connectivity index (χ1n) is 9.38. The SMILES string of the molecule is CN(c1cc(-c2ccccc2)no1)c1nc(-c2ccccc2)nc2ccccc12. The molecule has 2 aromatic heterocycles. The molecular formula is C24H18N4O. The van der Waals surface area contributed by atoms with Crippen LogP contribution in [0.25, 0.3) is 33.5 Å². The Morgan fingerprint density at radius 2 is 1.38 bits per heavy atom. The molecule has 0 unspecified atom stereocenters. The number of rotatable bonds is 4. The maximum absolute atomic E-state index is 5.65. The molecular weight excluding hydrogens is 360 g/mol. The van der Waals surface area contributed by atoms with Crippen LogP contribution in [0, 0.1) is 0 Å². The van der Waals surface area contributed by atoms with E-state index in [0.29, 0.717) is 11.7 Å². The summed E-state index contributed by atoms with van der Waals surface area (Å²) in [6.45, 7) is 0. The van der Waals surface area contributed by atoms with Gasteiger partial charge in [-0.1, -0.05) is 78.0 Å². The summed E-state index contributed by atoms with van der Waals surface area (Å²) in [6, 6.07) is 29.9. The molecule has 0 fully saturated rings. The van der Waals surface area contributed by atoms with Gasteiger partial charge in [0.1, 0.15) is 11.5 Å². The van der Waals surface area contributed by atoms with Crippen molar-refractivity contribution in [2.45, 2.75) is 0 Å². The molecule has 0 aliphatic carbocycles. The monoisotopic (exact) mass is 378 g/mol. The zero-order valence-corrected chi connectivity index (χ0v) is 15.9. The maximum Gasteiger partial charge on any atom is 0.233 e. The molecule has 0 aliphatic rings. The average molecular weight is 378 g/mol. The summed E-state index contributed by atoms with van der Waals surface area (Å²) in [4.78, 5) is 11.5. The molecule has 5 aromatic rings. The van der Waals surface area contributed by atoms with E-state index >= 15 is 0 Å². The zero-order chi connectivity index (χ0) is 19.6. The lowest BCUT2D eigenvalue weighted by Gasteiger charge is -2.17. The van der Waals surface area contributed by atoms with Crippen LogP contribution >= 0.6 is 0 Å². The molecule has 0 amide bonds. The van der Waals surface area contributed by atoms with Crippen molar-refractivity contribution in [2.75, 3.05) is 11.9 Å². The number of anilines is 2. The molecule has 0 spiro atoms. The summed E-state index contributed by atoms with van der Waals surface area (Å²) in [7, 11) is 1.93. The number of benzene rings is 3. The molecule has 3 aromatic carbocycles. The molecule has 5 nitrogen and oxygen atoms in total. The summed E-state index contributed by atoms with van der Waals surface area (Å²) in [5.74, 6) is 2.06. The van der Waals surface area contributed by atoms with Crippen LogP contribution in [0.1, 0.15) is 0 Å². The van der Waals surface area contributed by atoms with Gasteiger partial charge in [-0.25, -0.2) is 9.97 Å². The van der Waals surface area contributed by atoms with E-state index in [0.717, 1.165) is 33.5 Å². The van der Waals surface area contributed by atoms with Crippen LogP contribution in [0.4, 0.5) is 11.7 Å². The highest BCUT2D eigenvalue weighted by atomic mass is 16.5. The van der Waals surface area contributed by atoms with Gasteiger partial charge < -0.3 is 4.52 Å². The van der Waals surface area contributed by atoms with Crippen LogP contribution in [-0.4, -0.2) is 22.2 Å². The first-order valence-corrected chi connectivity index (χ1v) is 9.38. The number of fused-ring (bicyclic) bond motifs is 1. The van der Waals surface area contributed by atoms with Gasteiger partial charge in [0.15, 0.2) is 5.82 Å². The molecule has 0 aliphatic heterocycles. The van der Waals surface area contributed by atoms with Gasteiger partial charge >= 0.3 is 0 Å². The normalized spacial score (nSPS) is 10.9. The van der Waals surface area contributed by atoms with E-state index in [2.05, 4.69) is 5.16 Å². The van der Waals surface area contributed by atoms with Crippen LogP contribution < -0.4 is 4.90 Å². The van der Waals surface area contributed by atoms with E-state index in [1.807, 2.05) is 103 Å². The minimum Gasteiger partial charge on any atom is -0.338 e. The molecule has 0 radical (unpaired) electrons. The van der Waals surface area contributed by atoms with Gasteiger partial charge in [0.05, 0.1) is 5.52 Å². The van der Waals surface area contributed by atoms with E-state index in [1.54, 1.807) is 0 Å². The molecule has 0 atom stereocenters. The van der Waals surface area contributed by atoms with Crippen molar-refractivity contribution >= 4 is 22.6 Å². The Kier molecular flexibility index (Phi) is 4.26. The van der Waals surface area contributed by atoms with Crippen molar-refractivity contribution in [1.82, 2.24) is 15.1 Å². The first kappa shape index (κ1) is 17.1. The van der Waals surface area contributed by atoms with Gasteiger partial charge in [-0.05, 0) is 12.1 Å². The van der Waals surface area contributed by atoms with E-state index in [-0.39, 0.29) is 0 Å². The summed E-state index contributed by atoms with van der Waals surface area (Å²) >= 11 is 0. The lowest BCUT2D eigenvalue weighted by atomic mass is 10.1. The Bertz CT molecular complexity index is 1270. The molecule has 140 valence electrons. The second-order valence-electron chi connectivity index (χ2n) is 6.73. The smallest absolute Gasteiger partial charge is 0.233 e. The van der Waals surface area contributed by atoms with Crippen LogP contribution in [0.15, 0.2) is 95.5 Å². The van der Waals surface area contributed by atoms with Gasteiger partial charge in [-0.2, -0.15) is 0 Å². The van der Waals surface area contributed by atoms with Crippen molar-refractivity contribution in [2.24, 2.45) is 0 Å². The topological polar surface area (TPSA) is 55.1 Å². The standard InChI is InChI=1S/C24H18N4O/c1-28(22-16-21(27-29-22)17-10-4-2-5-11-17)24-19-14-8-9-15-20(19)25-23(26-24)18-12-6-3-7-13-18/h2-16H,1H3. The Balaban J connectivity index is 1.61. The van der Waals surface area contributed by atoms with Crippen LogP contribution in [-0.2, 0) is 0 Å². The van der Waals surface area contributed by atoms with E-state index in [1.165, 1.54) is 0 Å². The van der Waals surface area contributed by atoms with Crippen LogP contribution in [0.3, 0.4) is 0 Å². The number of hydrogen-bond acceptors (Lipinski definition) is 5. The fourth-order valence-electron chi connectivity index (χ4n) is 3.30. The Morgan fingerprint density at radius 3 is 2.14 bits per heavy atom. The van der Waals surface area contributed by atoms with Crippen molar-refractivity contribution < 1.29 is 4.52 Å². The van der Waals surface area contributed by atoms with E-state index in [4.69, 9.17) is 14.5 Å². The van der Waals surface area contributed by atoms with Gasteiger partial charge in [0.2, 0.25) is 5.88 Å². The highest BCUT2D eigenvalue weighted by Gasteiger charge is 2.17. The summed E-state index contributed by atoms with van der Waals surface area (Å²) in [5.41, 5.74) is 3.64. The maximum atomic E-state index is 5.65. The molecule has 0 saturated heterocycles. The Hall–Kier alpha value is -3.99. The van der Waals surface area contributed by atoms with Gasteiger partial charge in [0, 0.05) is 29.6 Å². The quantitative estimate of drug-likeness (QED) is 0.400. The van der Waals surface area contributed by atoms with Gasteiger partial charge in [-0.15, -0.1) is 0 Å². The van der Waals surface area contributed by atoms with Crippen molar-refractivity contribution in [1.29, 1.82) is 0 Å². The molecule has 5 heteroatoms. The van der Waals surface area contributed by atoms with Gasteiger partial charge in [0.25, 0.3) is 0 Å². The number of aromatic nitrogens is 3. The number of hydrogen-bond donors (Lipinski definition) is 0. The molecule has 5 rings (SSSR count). The largest absolute Gasteiger partial charge is 0.338 e. The number of para-hydroxylation sites is 1. The Labute approximate surface area is 168 Å². The van der Waals surface area contributed by atoms with Crippen molar-refractivity contribution in [3.05, 3.63) is 91.0 Å². The highest BCUT2D eigenvalue weighted by Crippen LogP contribution is 2.32. The minimum atomic E-state index is 0.617. The minimum absolute atomic E-state index is 0.617. The molecule has 2 heterocycles. The predicted octanol–water partition coefficient (Wildman–Crippen LogP) is 5.72. The predicted molar refractivity (Wildman–Crippen MR) is 115 cm³/mol. The van der Waals surface area contributed by atoms with Crippen LogP contribution in [0.5, 0.6) is 0 Å². The third kappa shape index (κ3) is 3.23.